The van der Waals surface area contributed by atoms with Crippen LogP contribution in [0.15, 0.2) is 11.5 Å². The van der Waals surface area contributed by atoms with E-state index in [1.54, 1.807) is 0 Å². The summed E-state index contributed by atoms with van der Waals surface area (Å²) in [6, 6.07) is 0. The van der Waals surface area contributed by atoms with Crippen molar-refractivity contribution in [3.05, 3.63) is 11.5 Å². The van der Waals surface area contributed by atoms with Crippen molar-refractivity contribution < 1.29 is 0 Å². The highest BCUT2D eigenvalue weighted by atomic mass is 32.2. The summed E-state index contributed by atoms with van der Waals surface area (Å²) in [6.07, 6.45) is 2.25. The highest BCUT2D eigenvalue weighted by Crippen LogP contribution is 2.26. The van der Waals surface area contributed by atoms with E-state index in [4.69, 9.17) is 0 Å². The Bertz CT molecular complexity index is 132. The van der Waals surface area contributed by atoms with Crippen LogP contribution >= 0.6 is 11.8 Å². The van der Waals surface area contributed by atoms with Crippen molar-refractivity contribution in [3.8, 4) is 0 Å². The Hall–Kier alpha value is 0.0900. The molecule has 66 valence electrons. The Morgan fingerprint density at radius 2 is 1.36 bits per heavy atom. The van der Waals surface area contributed by atoms with E-state index >= 15 is 0 Å². The maximum atomic E-state index is 2.25. The molecule has 0 fully saturated rings. The van der Waals surface area contributed by atoms with Crippen molar-refractivity contribution in [3.63, 3.8) is 0 Å². The van der Waals surface area contributed by atoms with E-state index in [2.05, 4.69) is 53.0 Å². The number of hydrogen-bond acceptors (Lipinski definition) is 1. The second kappa shape index (κ2) is 3.66. The van der Waals surface area contributed by atoms with Crippen molar-refractivity contribution >= 4 is 11.8 Å². The predicted octanol–water partition coefficient (Wildman–Crippen LogP) is 4.08. The van der Waals surface area contributed by atoms with Gasteiger partial charge in [-0.1, -0.05) is 47.6 Å². The molecule has 0 bridgehead atoms. The summed E-state index contributed by atoms with van der Waals surface area (Å²) >= 11 is 1.88. The molecule has 0 atom stereocenters. The van der Waals surface area contributed by atoms with Gasteiger partial charge >= 0.3 is 0 Å². The van der Waals surface area contributed by atoms with Crippen LogP contribution in [0.1, 0.15) is 41.5 Å². The van der Waals surface area contributed by atoms with Crippen molar-refractivity contribution in [2.24, 2.45) is 5.41 Å². The van der Waals surface area contributed by atoms with Crippen LogP contribution in [0.5, 0.6) is 0 Å². The molecule has 0 N–H and O–H groups in total. The first-order valence-corrected chi connectivity index (χ1v) is 4.94. The van der Waals surface area contributed by atoms with E-state index in [-0.39, 0.29) is 0 Å². The van der Waals surface area contributed by atoms with Gasteiger partial charge in [0.15, 0.2) is 0 Å². The lowest BCUT2D eigenvalue weighted by Gasteiger charge is -2.16. The van der Waals surface area contributed by atoms with Crippen molar-refractivity contribution in [1.82, 2.24) is 0 Å². The van der Waals surface area contributed by atoms with E-state index in [0.717, 1.165) is 0 Å². The van der Waals surface area contributed by atoms with Crippen LogP contribution in [0.2, 0.25) is 0 Å². The minimum Gasteiger partial charge on any atom is -0.128 e. The zero-order valence-electron chi connectivity index (χ0n) is 8.56. The van der Waals surface area contributed by atoms with Crippen LogP contribution in [0.3, 0.4) is 0 Å². The Balaban J connectivity index is 3.80. The SMILES string of the molecule is CC(C)(C)/C=C/SC(C)(C)C. The van der Waals surface area contributed by atoms with Gasteiger partial charge in [0.1, 0.15) is 0 Å². The van der Waals surface area contributed by atoms with Gasteiger partial charge in [0.2, 0.25) is 0 Å². The lowest BCUT2D eigenvalue weighted by atomic mass is 9.98. The average Bonchev–Trinajstić information content (AvgIpc) is 1.55. The third-order valence-corrected chi connectivity index (χ3v) is 1.97. The van der Waals surface area contributed by atoms with Gasteiger partial charge < -0.3 is 0 Å². The van der Waals surface area contributed by atoms with Crippen molar-refractivity contribution in [1.29, 1.82) is 0 Å². The summed E-state index contributed by atoms with van der Waals surface area (Å²) in [7, 11) is 0. The molecule has 0 saturated heterocycles. The Morgan fingerprint density at radius 3 is 1.64 bits per heavy atom. The highest BCUT2D eigenvalue weighted by Gasteiger charge is 2.09. The third kappa shape index (κ3) is 10.1. The molecule has 0 rings (SSSR count). The first-order chi connectivity index (χ1) is 4.71. The maximum absolute atomic E-state index is 2.25. The van der Waals surface area contributed by atoms with Crippen LogP contribution in [-0.2, 0) is 0 Å². The van der Waals surface area contributed by atoms with Gasteiger partial charge in [-0.3, -0.25) is 0 Å². The molecule has 0 saturated carbocycles. The molecule has 0 aromatic heterocycles. The van der Waals surface area contributed by atoms with Gasteiger partial charge in [-0.25, -0.2) is 0 Å². The summed E-state index contributed by atoms with van der Waals surface area (Å²) < 4.78 is 0.349. The van der Waals surface area contributed by atoms with Gasteiger partial charge in [-0.05, 0) is 10.8 Å². The molecule has 11 heavy (non-hydrogen) atoms. The summed E-state index contributed by atoms with van der Waals surface area (Å²) in [5, 5.41) is 2.21. The number of rotatable bonds is 1. The molecule has 1 heteroatoms. The molecule has 0 aliphatic heterocycles. The minimum atomic E-state index is 0.318. The average molecular weight is 172 g/mol. The molecule has 0 aliphatic rings. The van der Waals surface area contributed by atoms with Gasteiger partial charge in [0.25, 0.3) is 0 Å². The van der Waals surface area contributed by atoms with Gasteiger partial charge in [-0.15, -0.1) is 11.8 Å². The van der Waals surface area contributed by atoms with Crippen molar-refractivity contribution in [2.75, 3.05) is 0 Å². The molecule has 0 unspecified atom stereocenters. The first-order valence-electron chi connectivity index (χ1n) is 4.06. The smallest absolute Gasteiger partial charge is 0.0116 e. The van der Waals surface area contributed by atoms with E-state index in [1.807, 2.05) is 11.8 Å². The molecule has 0 nitrogen and oxygen atoms in total. The van der Waals surface area contributed by atoms with Crippen LogP contribution in [0, 0.1) is 5.41 Å². The fourth-order valence-corrected chi connectivity index (χ4v) is 1.33. The van der Waals surface area contributed by atoms with E-state index in [9.17, 15) is 0 Å². The quantitative estimate of drug-likeness (QED) is 0.574. The molecule has 0 heterocycles. The third-order valence-electron chi connectivity index (χ3n) is 0.990. The van der Waals surface area contributed by atoms with Gasteiger partial charge in [0, 0.05) is 4.75 Å². The summed E-state index contributed by atoms with van der Waals surface area (Å²) in [5.41, 5.74) is 0.318. The van der Waals surface area contributed by atoms with Crippen LogP contribution in [0.4, 0.5) is 0 Å². The second-order valence-electron chi connectivity index (χ2n) is 4.90. The lowest BCUT2D eigenvalue weighted by Crippen LogP contribution is -2.05. The summed E-state index contributed by atoms with van der Waals surface area (Å²) in [6.45, 7) is 13.3. The van der Waals surface area contributed by atoms with Crippen molar-refractivity contribution in [2.45, 2.75) is 46.3 Å². The normalized spacial score (nSPS) is 14.4. The van der Waals surface area contributed by atoms with Crippen LogP contribution in [-0.4, -0.2) is 4.75 Å². The van der Waals surface area contributed by atoms with E-state index < -0.39 is 0 Å². The molecular weight excluding hydrogens is 152 g/mol. The molecule has 0 aromatic rings. The summed E-state index contributed by atoms with van der Waals surface area (Å²) in [5.74, 6) is 0. The fourth-order valence-electron chi connectivity index (χ4n) is 0.442. The van der Waals surface area contributed by atoms with Crippen LogP contribution in [0.25, 0.3) is 0 Å². The largest absolute Gasteiger partial charge is 0.128 e. The fraction of sp³-hybridized carbons (Fsp3) is 0.800. The first kappa shape index (κ1) is 11.1. The topological polar surface area (TPSA) is 0 Å². The molecule has 0 amide bonds. The molecule has 0 aromatic carbocycles. The highest BCUT2D eigenvalue weighted by molar-refractivity contribution is 8.03. The standard InChI is InChI=1S/C10H20S/c1-9(2,3)7-8-11-10(4,5)6/h7-8H,1-6H3/b8-7+. The van der Waals surface area contributed by atoms with Gasteiger partial charge in [-0.2, -0.15) is 0 Å². The number of hydrogen-bond donors (Lipinski definition) is 0. The molecule has 0 radical (unpaired) electrons. The maximum Gasteiger partial charge on any atom is 0.0116 e. The minimum absolute atomic E-state index is 0.318. The Labute approximate surface area is 75.5 Å². The monoisotopic (exact) mass is 172 g/mol. The lowest BCUT2D eigenvalue weighted by molar-refractivity contribution is 0.545. The van der Waals surface area contributed by atoms with Crippen LogP contribution < -0.4 is 0 Å². The predicted molar refractivity (Wildman–Crippen MR) is 55.9 cm³/mol. The number of allylic oxidation sites excluding steroid dienone is 1. The summed E-state index contributed by atoms with van der Waals surface area (Å²) in [4.78, 5) is 0. The van der Waals surface area contributed by atoms with Gasteiger partial charge in [0.05, 0.1) is 0 Å². The zero-order valence-corrected chi connectivity index (χ0v) is 9.38. The molecule has 0 spiro atoms. The molecule has 0 aliphatic carbocycles. The molecular formula is C10H20S. The van der Waals surface area contributed by atoms with E-state index in [0.29, 0.717) is 10.2 Å². The second-order valence-corrected chi connectivity index (χ2v) is 6.63. The number of thioether (sulfide) groups is 1. The Morgan fingerprint density at radius 1 is 0.909 bits per heavy atom. The zero-order chi connectivity index (χ0) is 9.12. The van der Waals surface area contributed by atoms with E-state index in [1.165, 1.54) is 0 Å². The Kier molecular flexibility index (Phi) is 3.69.